The topological polar surface area (TPSA) is 148 Å². The zero-order chi connectivity index (χ0) is 32.2. The summed E-state index contributed by atoms with van der Waals surface area (Å²) in [4.78, 5) is 56.5. The van der Waals surface area contributed by atoms with E-state index in [-0.39, 0.29) is 18.8 Å². The largest absolute Gasteiger partial charge is 0.496 e. The predicted molar refractivity (Wildman–Crippen MR) is 166 cm³/mol. The van der Waals surface area contributed by atoms with Crippen LogP contribution >= 0.6 is 0 Å². The number of aromatic amines is 1. The molecule has 2 aliphatic heterocycles. The van der Waals surface area contributed by atoms with Crippen LogP contribution in [0, 0.1) is 5.92 Å². The van der Waals surface area contributed by atoms with Gasteiger partial charge in [0, 0.05) is 35.6 Å². The van der Waals surface area contributed by atoms with Crippen molar-refractivity contribution in [1.82, 2.24) is 20.9 Å². The van der Waals surface area contributed by atoms with Crippen LogP contribution in [0.5, 0.6) is 5.75 Å². The number of carbonyl (C=O) groups excluding carboxylic acids is 4. The molecule has 11 heteroatoms. The molecule has 4 N–H and O–H groups in total. The summed E-state index contributed by atoms with van der Waals surface area (Å²) < 4.78 is 16.3. The summed E-state index contributed by atoms with van der Waals surface area (Å²) in [6.45, 7) is 9.03. The lowest BCUT2D eigenvalue weighted by Gasteiger charge is -2.27. The second kappa shape index (κ2) is 13.4. The van der Waals surface area contributed by atoms with Crippen LogP contribution in [0.2, 0.25) is 0 Å². The summed E-state index contributed by atoms with van der Waals surface area (Å²) in [6, 6.07) is 8.37. The van der Waals surface area contributed by atoms with Crippen LogP contribution in [0.1, 0.15) is 52.2 Å². The minimum absolute atomic E-state index is 0.0258. The number of H-pyrrole nitrogens is 1. The first-order valence-corrected chi connectivity index (χ1v) is 14.7. The highest BCUT2D eigenvalue weighted by molar-refractivity contribution is 5.98. The highest BCUT2D eigenvalue weighted by Gasteiger charge is 2.32. The molecule has 11 nitrogen and oxygen atoms in total. The number of amides is 3. The van der Waals surface area contributed by atoms with Crippen LogP contribution in [-0.2, 0) is 36.7 Å². The smallest absolute Gasteiger partial charge is 0.408 e. The molecular formula is C33H42N4O7. The van der Waals surface area contributed by atoms with Crippen molar-refractivity contribution in [2.24, 2.45) is 5.92 Å². The van der Waals surface area contributed by atoms with Crippen molar-refractivity contribution in [3.05, 3.63) is 53.7 Å². The molecule has 6 bridgehead atoms. The highest BCUT2D eigenvalue weighted by Crippen LogP contribution is 2.36. The molecule has 2 aliphatic rings. The number of aromatic nitrogens is 1. The Bertz CT molecular complexity index is 1540. The second-order valence-electron chi connectivity index (χ2n) is 12.5. The Morgan fingerprint density at radius 2 is 1.75 bits per heavy atom. The van der Waals surface area contributed by atoms with Crippen molar-refractivity contribution in [1.29, 1.82) is 0 Å². The van der Waals surface area contributed by atoms with Crippen LogP contribution in [0.3, 0.4) is 0 Å². The van der Waals surface area contributed by atoms with Gasteiger partial charge in [0.25, 0.3) is 0 Å². The van der Waals surface area contributed by atoms with Crippen LogP contribution in [-0.4, -0.2) is 66.8 Å². The van der Waals surface area contributed by atoms with E-state index >= 15 is 0 Å². The SMILES string of the molecule is COC(=O)[C@@H]1Cc2c[nH]c3c(cccc23)-c2ccc(cc2OC)C[C@H](NC(=O)OC(C)(C)C)C(=O)N[C@@H](CC(C)C)C(=O)N1. The minimum Gasteiger partial charge on any atom is -0.496 e. The summed E-state index contributed by atoms with van der Waals surface area (Å²) >= 11 is 0. The maximum Gasteiger partial charge on any atom is 0.408 e. The molecule has 3 heterocycles. The number of alkyl carbamates (subject to hydrolysis) is 1. The molecule has 3 amide bonds. The van der Waals surface area contributed by atoms with Crippen molar-refractivity contribution in [2.45, 2.75) is 77.6 Å². The molecule has 0 saturated carbocycles. The van der Waals surface area contributed by atoms with E-state index in [1.807, 2.05) is 56.4 Å². The van der Waals surface area contributed by atoms with Gasteiger partial charge in [-0.2, -0.15) is 0 Å². The molecule has 1 aromatic heterocycles. The van der Waals surface area contributed by atoms with Gasteiger partial charge in [0.15, 0.2) is 0 Å². The van der Waals surface area contributed by atoms with Crippen molar-refractivity contribution in [3.63, 3.8) is 0 Å². The molecule has 0 spiro atoms. The van der Waals surface area contributed by atoms with Crippen LogP contribution in [0.15, 0.2) is 42.6 Å². The molecule has 5 rings (SSSR count). The van der Waals surface area contributed by atoms with Crippen molar-refractivity contribution >= 4 is 34.8 Å². The third-order valence-corrected chi connectivity index (χ3v) is 7.37. The Morgan fingerprint density at radius 3 is 2.41 bits per heavy atom. The first kappa shape index (κ1) is 32.4. The summed E-state index contributed by atoms with van der Waals surface area (Å²) in [5, 5.41) is 9.18. The molecule has 3 atom stereocenters. The Kier molecular flexibility index (Phi) is 9.86. The maximum atomic E-state index is 13.8. The van der Waals surface area contributed by atoms with Crippen molar-refractivity contribution in [2.75, 3.05) is 14.2 Å². The number of para-hydroxylation sites is 1. The number of nitrogens with one attached hydrogen (secondary N) is 4. The van der Waals surface area contributed by atoms with Gasteiger partial charge in [0.2, 0.25) is 11.8 Å². The van der Waals surface area contributed by atoms with Crippen LogP contribution in [0.4, 0.5) is 4.79 Å². The van der Waals surface area contributed by atoms with E-state index in [0.29, 0.717) is 12.2 Å². The number of ether oxygens (including phenoxy) is 3. The number of fused-ring (bicyclic) bond motifs is 10. The quantitative estimate of drug-likeness (QED) is 0.321. The summed E-state index contributed by atoms with van der Waals surface area (Å²) in [6.07, 6.45) is 1.60. The molecule has 0 aliphatic carbocycles. The van der Waals surface area contributed by atoms with Gasteiger partial charge >= 0.3 is 12.1 Å². The monoisotopic (exact) mass is 606 g/mol. The molecule has 0 saturated heterocycles. The van der Waals surface area contributed by atoms with E-state index in [9.17, 15) is 19.2 Å². The van der Waals surface area contributed by atoms with Gasteiger partial charge in [-0.05, 0) is 50.3 Å². The van der Waals surface area contributed by atoms with E-state index in [2.05, 4.69) is 20.9 Å². The Labute approximate surface area is 257 Å². The normalized spacial score (nSPS) is 19.3. The van der Waals surface area contributed by atoms with Gasteiger partial charge in [0.05, 0.1) is 19.7 Å². The zero-order valence-corrected chi connectivity index (χ0v) is 26.3. The molecule has 44 heavy (non-hydrogen) atoms. The number of esters is 1. The van der Waals surface area contributed by atoms with E-state index in [1.165, 1.54) is 7.11 Å². The molecule has 0 unspecified atom stereocenters. The van der Waals surface area contributed by atoms with Gasteiger partial charge < -0.3 is 35.1 Å². The number of benzene rings is 2. The Hall–Kier alpha value is -4.54. The minimum atomic E-state index is -1.08. The van der Waals surface area contributed by atoms with Crippen LogP contribution in [0.25, 0.3) is 22.0 Å². The number of carbonyl (C=O) groups is 4. The third kappa shape index (κ3) is 7.69. The standard InChI is InChI=1S/C33H42N4O7/c1-18(2)13-24-29(38)36-26(31(40)43-7)16-20-17-34-28-21(20)9-8-10-23(28)22-12-11-19(15-27(22)42-6)14-25(30(39)35-24)37-32(41)44-33(3,4)5/h8-12,15,17-18,24-26,34H,13-14,16H2,1-7H3,(H,35,39)(H,36,38)(H,37,41)/t24-,25-,26-/m0/s1. The van der Waals surface area contributed by atoms with Crippen molar-refractivity contribution < 1.29 is 33.4 Å². The molecule has 2 aromatic carbocycles. The van der Waals surface area contributed by atoms with Gasteiger partial charge in [-0.3, -0.25) is 9.59 Å². The lowest BCUT2D eigenvalue weighted by Crippen LogP contribution is -2.57. The number of rotatable bonds is 5. The molecular weight excluding hydrogens is 564 g/mol. The van der Waals surface area contributed by atoms with Gasteiger partial charge in [-0.25, -0.2) is 9.59 Å². The first-order chi connectivity index (χ1) is 20.8. The lowest BCUT2D eigenvalue weighted by atomic mass is 9.96. The zero-order valence-electron chi connectivity index (χ0n) is 26.3. The van der Waals surface area contributed by atoms with Crippen LogP contribution < -0.4 is 20.7 Å². The summed E-state index contributed by atoms with van der Waals surface area (Å²) in [5.41, 5.74) is 3.27. The van der Waals surface area contributed by atoms with E-state index in [1.54, 1.807) is 27.9 Å². The maximum absolute atomic E-state index is 13.8. The number of hydrogen-bond acceptors (Lipinski definition) is 7. The van der Waals surface area contributed by atoms with E-state index < -0.39 is 47.6 Å². The van der Waals surface area contributed by atoms with Gasteiger partial charge in [0.1, 0.15) is 29.5 Å². The summed E-state index contributed by atoms with van der Waals surface area (Å²) in [5.74, 6) is -1.11. The predicted octanol–water partition coefficient (Wildman–Crippen LogP) is 4.02. The molecule has 0 fully saturated rings. The molecule has 3 aromatic rings. The number of hydrogen-bond donors (Lipinski definition) is 4. The second-order valence-corrected chi connectivity index (χ2v) is 12.5. The number of methoxy groups -OCH3 is 2. The van der Waals surface area contributed by atoms with E-state index in [4.69, 9.17) is 14.2 Å². The van der Waals surface area contributed by atoms with Gasteiger partial charge in [-0.1, -0.05) is 44.2 Å². The molecule has 0 radical (unpaired) electrons. The third-order valence-electron chi connectivity index (χ3n) is 7.37. The first-order valence-electron chi connectivity index (χ1n) is 14.7. The average molecular weight is 607 g/mol. The van der Waals surface area contributed by atoms with Crippen molar-refractivity contribution in [3.8, 4) is 16.9 Å². The molecule has 236 valence electrons. The summed E-state index contributed by atoms with van der Waals surface area (Å²) in [7, 11) is 2.84. The fourth-order valence-electron chi connectivity index (χ4n) is 5.39. The Balaban J connectivity index is 1.85. The highest BCUT2D eigenvalue weighted by atomic mass is 16.6. The lowest BCUT2D eigenvalue weighted by molar-refractivity contribution is -0.145. The fourth-order valence-corrected chi connectivity index (χ4v) is 5.39. The average Bonchev–Trinajstić information content (AvgIpc) is 3.36. The van der Waals surface area contributed by atoms with Gasteiger partial charge in [-0.15, -0.1) is 0 Å². The fraction of sp³-hybridized carbons (Fsp3) is 0.455. The van der Waals surface area contributed by atoms with E-state index in [0.717, 1.165) is 33.2 Å². The Morgan fingerprint density at radius 1 is 1.00 bits per heavy atom.